The maximum atomic E-state index is 6.38. The molecule has 0 aliphatic heterocycles. The van der Waals surface area contributed by atoms with Gasteiger partial charge in [0.15, 0.2) is 0 Å². The van der Waals surface area contributed by atoms with E-state index >= 15 is 0 Å². The van der Waals surface area contributed by atoms with Crippen molar-refractivity contribution in [2.75, 3.05) is 0 Å². The molecular formula is C47H43IrN3O-2. The Kier molecular flexibility index (Phi) is 10.9. The van der Waals surface area contributed by atoms with Crippen LogP contribution >= 0.6 is 0 Å². The Morgan fingerprint density at radius 1 is 0.538 bits per heavy atom. The second-order valence-electron chi connectivity index (χ2n) is 15.6. The molecule has 0 N–H and O–H groups in total. The third-order valence-electron chi connectivity index (χ3n) is 8.76. The van der Waals surface area contributed by atoms with Gasteiger partial charge in [0.2, 0.25) is 0 Å². The molecular weight excluding hydrogens is 815 g/mol. The van der Waals surface area contributed by atoms with Crippen molar-refractivity contribution in [1.29, 1.82) is 0 Å². The van der Waals surface area contributed by atoms with Crippen LogP contribution in [0.1, 0.15) is 52.7 Å². The third kappa shape index (κ3) is 8.56. The van der Waals surface area contributed by atoms with Gasteiger partial charge in [0, 0.05) is 49.5 Å². The standard InChI is InChI=1S/C25H21N2O.C22H22N.Ir/c1-25(2,3)15-16-11-13-27-22(14-16)20-7-4-6-17-18-9-10-21-19(8-5-12-26-21)24(18)28-23(17)20;1-22(2,3)16-17-9-11-18(12-10-17)20-13-14-23-21(15-20)19-7-5-4-6-8-19;/h4-6,8-14H,15H2,1-3H3;4-7,9-15H,16H2,1-3H3;/q2*-1;. The Bertz CT molecular complexity index is 2440. The molecule has 0 bridgehead atoms. The molecule has 5 heteroatoms. The average molecular weight is 858 g/mol. The van der Waals surface area contributed by atoms with Gasteiger partial charge in [-0.3, -0.25) is 4.98 Å². The summed E-state index contributed by atoms with van der Waals surface area (Å²) in [5, 5.41) is 3.20. The van der Waals surface area contributed by atoms with Gasteiger partial charge in [0.05, 0.1) is 11.1 Å². The number of nitrogens with zero attached hydrogens (tertiary/aromatic N) is 3. The van der Waals surface area contributed by atoms with Gasteiger partial charge in [-0.2, -0.15) is 0 Å². The van der Waals surface area contributed by atoms with Crippen LogP contribution in [-0.2, 0) is 32.9 Å². The molecule has 4 aromatic heterocycles. The number of furan rings is 1. The Balaban J connectivity index is 0.000000179. The Labute approximate surface area is 320 Å². The summed E-state index contributed by atoms with van der Waals surface area (Å²) >= 11 is 0. The molecule has 263 valence electrons. The fourth-order valence-corrected chi connectivity index (χ4v) is 6.61. The Morgan fingerprint density at radius 3 is 2.02 bits per heavy atom. The summed E-state index contributed by atoms with van der Waals surface area (Å²) in [5.74, 6) is 0. The quantitative estimate of drug-likeness (QED) is 0.162. The molecule has 4 aromatic carbocycles. The molecule has 0 saturated carbocycles. The number of pyridine rings is 3. The van der Waals surface area contributed by atoms with E-state index in [9.17, 15) is 0 Å². The van der Waals surface area contributed by atoms with Crippen LogP contribution in [-0.4, -0.2) is 15.0 Å². The predicted octanol–water partition coefficient (Wildman–Crippen LogP) is 12.4. The zero-order chi connectivity index (χ0) is 35.6. The van der Waals surface area contributed by atoms with Crippen molar-refractivity contribution in [3.05, 3.63) is 151 Å². The Hall–Kier alpha value is -4.96. The first-order valence-electron chi connectivity index (χ1n) is 17.6. The minimum absolute atomic E-state index is 0. The van der Waals surface area contributed by atoms with Crippen molar-refractivity contribution in [2.45, 2.75) is 54.4 Å². The zero-order valence-corrected chi connectivity index (χ0v) is 33.0. The maximum Gasteiger partial charge on any atom is 0.130 e. The van der Waals surface area contributed by atoms with Crippen LogP contribution in [0, 0.1) is 23.0 Å². The fraction of sp³-hybridized carbons (Fsp3) is 0.213. The normalized spacial score (nSPS) is 11.7. The topological polar surface area (TPSA) is 51.8 Å². The van der Waals surface area contributed by atoms with Crippen molar-refractivity contribution in [3.63, 3.8) is 0 Å². The van der Waals surface area contributed by atoms with Crippen LogP contribution in [0.25, 0.3) is 66.5 Å². The largest absolute Gasteiger partial charge is 0.500 e. The number of fused-ring (bicyclic) bond motifs is 5. The second kappa shape index (κ2) is 15.3. The smallest absolute Gasteiger partial charge is 0.130 e. The van der Waals surface area contributed by atoms with Crippen molar-refractivity contribution in [3.8, 4) is 33.6 Å². The second-order valence-corrected chi connectivity index (χ2v) is 15.6. The first-order chi connectivity index (χ1) is 24.5. The van der Waals surface area contributed by atoms with E-state index in [2.05, 4.69) is 135 Å². The van der Waals surface area contributed by atoms with Gasteiger partial charge in [0.25, 0.3) is 0 Å². The monoisotopic (exact) mass is 858 g/mol. The molecule has 4 nitrogen and oxygen atoms in total. The molecule has 0 unspecified atom stereocenters. The minimum Gasteiger partial charge on any atom is -0.500 e. The van der Waals surface area contributed by atoms with Crippen LogP contribution in [0.2, 0.25) is 0 Å². The molecule has 52 heavy (non-hydrogen) atoms. The maximum absolute atomic E-state index is 6.38. The summed E-state index contributed by atoms with van der Waals surface area (Å²) in [7, 11) is 0. The van der Waals surface area contributed by atoms with E-state index in [0.29, 0.717) is 5.41 Å². The molecule has 0 aliphatic rings. The Morgan fingerprint density at radius 2 is 1.27 bits per heavy atom. The van der Waals surface area contributed by atoms with Gasteiger partial charge in [0.1, 0.15) is 5.58 Å². The van der Waals surface area contributed by atoms with Crippen LogP contribution in [0.3, 0.4) is 0 Å². The van der Waals surface area contributed by atoms with E-state index in [-0.39, 0.29) is 25.5 Å². The van der Waals surface area contributed by atoms with Gasteiger partial charge in [-0.1, -0.05) is 94.5 Å². The minimum atomic E-state index is 0. The summed E-state index contributed by atoms with van der Waals surface area (Å²) < 4.78 is 6.38. The third-order valence-corrected chi connectivity index (χ3v) is 8.76. The molecule has 0 atom stereocenters. The number of hydrogen-bond donors (Lipinski definition) is 0. The van der Waals surface area contributed by atoms with E-state index in [1.807, 2.05) is 54.9 Å². The molecule has 1 radical (unpaired) electrons. The van der Waals surface area contributed by atoms with Gasteiger partial charge in [-0.15, -0.1) is 54.1 Å². The van der Waals surface area contributed by atoms with Crippen molar-refractivity contribution >= 4 is 32.8 Å². The van der Waals surface area contributed by atoms with Gasteiger partial charge in [-0.25, -0.2) is 0 Å². The van der Waals surface area contributed by atoms with Crippen LogP contribution < -0.4 is 0 Å². The molecule has 0 fully saturated rings. The molecule has 4 heterocycles. The van der Waals surface area contributed by atoms with Gasteiger partial charge >= 0.3 is 0 Å². The summed E-state index contributed by atoms with van der Waals surface area (Å²) in [6.07, 6.45) is 7.64. The molecule has 0 amide bonds. The average Bonchev–Trinajstić information content (AvgIpc) is 3.51. The van der Waals surface area contributed by atoms with Gasteiger partial charge < -0.3 is 14.4 Å². The van der Waals surface area contributed by atoms with Crippen molar-refractivity contribution in [2.24, 2.45) is 10.8 Å². The van der Waals surface area contributed by atoms with E-state index in [1.165, 1.54) is 22.3 Å². The number of hydrogen-bond acceptors (Lipinski definition) is 4. The van der Waals surface area contributed by atoms with Crippen LogP contribution in [0.5, 0.6) is 0 Å². The molecule has 8 aromatic rings. The van der Waals surface area contributed by atoms with Crippen molar-refractivity contribution < 1.29 is 24.5 Å². The predicted molar refractivity (Wildman–Crippen MR) is 211 cm³/mol. The molecule has 0 aliphatic carbocycles. The number of aromatic nitrogens is 3. The SMILES string of the molecule is CC(C)(C)Cc1ccc(-c2ccnc(-c3[c-]cccc3)c2)cc1.CC(C)(C)Cc1ccnc(-c2[c-]ccc3c2oc2c4cccnc4ccc32)c1.[Ir]. The first-order valence-corrected chi connectivity index (χ1v) is 17.6. The number of benzene rings is 4. The van der Waals surface area contributed by atoms with Crippen LogP contribution in [0.15, 0.2) is 132 Å². The van der Waals surface area contributed by atoms with Gasteiger partial charge in [-0.05, 0) is 88.1 Å². The molecule has 8 rings (SSSR count). The van der Waals surface area contributed by atoms with Crippen LogP contribution in [0.4, 0.5) is 0 Å². The van der Waals surface area contributed by atoms with E-state index in [4.69, 9.17) is 4.42 Å². The molecule has 0 spiro atoms. The summed E-state index contributed by atoms with van der Waals surface area (Å²) in [4.78, 5) is 13.5. The zero-order valence-electron chi connectivity index (χ0n) is 30.6. The summed E-state index contributed by atoms with van der Waals surface area (Å²) in [5.41, 5.74) is 12.0. The summed E-state index contributed by atoms with van der Waals surface area (Å²) in [6, 6.07) is 44.0. The van der Waals surface area contributed by atoms with E-state index < -0.39 is 0 Å². The number of rotatable bonds is 5. The summed E-state index contributed by atoms with van der Waals surface area (Å²) in [6.45, 7) is 13.6. The fourth-order valence-electron chi connectivity index (χ4n) is 6.61. The van der Waals surface area contributed by atoms with E-state index in [1.54, 1.807) is 6.20 Å². The first kappa shape index (κ1) is 36.8. The van der Waals surface area contributed by atoms with E-state index in [0.717, 1.165) is 68.2 Å². The molecule has 0 saturated heterocycles. The van der Waals surface area contributed by atoms with Crippen molar-refractivity contribution in [1.82, 2.24) is 15.0 Å².